The maximum Gasteiger partial charge on any atom is 0.341 e. The number of ether oxygens (including phenoxy) is 1. The number of carbonyl (C=O) groups excluding carboxylic acids is 4. The highest BCUT2D eigenvalue weighted by molar-refractivity contribution is 7.15. The van der Waals surface area contributed by atoms with Gasteiger partial charge < -0.3 is 10.1 Å². The number of hydrogen-bond acceptors (Lipinski definition) is 6. The Morgan fingerprint density at radius 1 is 1.03 bits per heavy atom. The third-order valence-electron chi connectivity index (χ3n) is 6.26. The van der Waals surface area contributed by atoms with Crippen molar-refractivity contribution < 1.29 is 23.9 Å². The highest BCUT2D eigenvalue weighted by atomic mass is 32.1. The molecule has 1 aromatic heterocycles. The Hall–Kier alpha value is -3.78. The molecule has 1 fully saturated rings. The predicted octanol–water partition coefficient (Wildman–Crippen LogP) is 4.65. The average Bonchev–Trinajstić information content (AvgIpc) is 3.58. The lowest BCUT2D eigenvalue weighted by Crippen LogP contribution is -2.48. The number of amides is 3. The van der Waals surface area contributed by atoms with Gasteiger partial charge in [-0.1, -0.05) is 42.5 Å². The second kappa shape index (κ2) is 9.46. The van der Waals surface area contributed by atoms with Crippen molar-refractivity contribution in [1.29, 1.82) is 0 Å². The normalized spacial score (nSPS) is 15.6. The van der Waals surface area contributed by atoms with E-state index >= 15 is 0 Å². The smallest absolute Gasteiger partial charge is 0.341 e. The lowest BCUT2D eigenvalue weighted by molar-refractivity contribution is -0.119. The third-order valence-corrected chi connectivity index (χ3v) is 7.18. The van der Waals surface area contributed by atoms with Gasteiger partial charge in [-0.05, 0) is 54.3 Å². The Bertz CT molecular complexity index is 1280. The first-order valence-corrected chi connectivity index (χ1v) is 12.5. The van der Waals surface area contributed by atoms with Gasteiger partial charge in [0.25, 0.3) is 11.8 Å². The molecule has 0 saturated heterocycles. The molecule has 8 heteroatoms. The lowest BCUT2D eigenvalue weighted by Gasteiger charge is -2.25. The summed E-state index contributed by atoms with van der Waals surface area (Å²) in [4.78, 5) is 53.9. The van der Waals surface area contributed by atoms with Crippen molar-refractivity contribution in [3.05, 3.63) is 87.8 Å². The number of anilines is 1. The van der Waals surface area contributed by atoms with Crippen molar-refractivity contribution in [2.24, 2.45) is 0 Å². The van der Waals surface area contributed by atoms with Crippen LogP contribution in [0.5, 0.6) is 0 Å². The van der Waals surface area contributed by atoms with Crippen LogP contribution < -0.4 is 5.32 Å². The molecule has 1 aliphatic heterocycles. The number of imide groups is 1. The molecular weight excluding hydrogens is 464 g/mol. The van der Waals surface area contributed by atoms with E-state index in [1.165, 1.54) is 11.3 Å². The zero-order chi connectivity index (χ0) is 24.5. The van der Waals surface area contributed by atoms with E-state index in [2.05, 4.69) is 5.32 Å². The fourth-order valence-corrected chi connectivity index (χ4v) is 5.43. The molecule has 1 saturated carbocycles. The highest BCUT2D eigenvalue weighted by Gasteiger charge is 2.43. The van der Waals surface area contributed by atoms with Gasteiger partial charge in [0, 0.05) is 6.42 Å². The van der Waals surface area contributed by atoms with E-state index in [0.717, 1.165) is 28.9 Å². The summed E-state index contributed by atoms with van der Waals surface area (Å²) in [6.45, 7) is 1.95. The average molecular weight is 489 g/mol. The van der Waals surface area contributed by atoms with E-state index in [1.807, 2.05) is 35.7 Å². The summed E-state index contributed by atoms with van der Waals surface area (Å²) in [5, 5.41) is 5.11. The fourth-order valence-electron chi connectivity index (χ4n) is 4.40. The van der Waals surface area contributed by atoms with E-state index in [9.17, 15) is 19.2 Å². The van der Waals surface area contributed by atoms with Crippen LogP contribution in [0.2, 0.25) is 0 Å². The molecule has 35 heavy (non-hydrogen) atoms. The predicted molar refractivity (Wildman–Crippen MR) is 132 cm³/mol. The number of thiophene rings is 1. The van der Waals surface area contributed by atoms with Crippen LogP contribution in [-0.4, -0.2) is 41.2 Å². The molecule has 1 atom stereocenters. The molecule has 5 rings (SSSR count). The Kier molecular flexibility index (Phi) is 6.21. The SMILES string of the molecule is CCOC(=O)c1c(C2CC2)csc1NC(=O)C(Cc1ccccc1)N1C(=O)c2ccccc2C1=O. The molecule has 0 spiro atoms. The first kappa shape index (κ1) is 23.0. The number of rotatable bonds is 8. The molecule has 0 radical (unpaired) electrons. The molecule has 3 amide bonds. The van der Waals surface area contributed by atoms with Gasteiger partial charge in [-0.3, -0.25) is 19.3 Å². The minimum absolute atomic E-state index is 0.147. The summed E-state index contributed by atoms with van der Waals surface area (Å²) >= 11 is 1.26. The first-order chi connectivity index (χ1) is 17.0. The van der Waals surface area contributed by atoms with Gasteiger partial charge in [-0.25, -0.2) is 4.79 Å². The van der Waals surface area contributed by atoms with Crippen molar-refractivity contribution in [2.75, 3.05) is 11.9 Å². The number of nitrogens with zero attached hydrogens (tertiary/aromatic N) is 1. The van der Waals surface area contributed by atoms with Gasteiger partial charge in [0.2, 0.25) is 5.91 Å². The number of nitrogens with one attached hydrogen (secondary N) is 1. The van der Waals surface area contributed by atoms with E-state index in [0.29, 0.717) is 10.6 Å². The van der Waals surface area contributed by atoms with E-state index in [-0.39, 0.29) is 30.1 Å². The van der Waals surface area contributed by atoms with Crippen molar-refractivity contribution in [1.82, 2.24) is 4.90 Å². The van der Waals surface area contributed by atoms with Crippen molar-refractivity contribution in [3.8, 4) is 0 Å². The zero-order valence-corrected chi connectivity index (χ0v) is 20.0. The van der Waals surface area contributed by atoms with Crippen LogP contribution in [0.15, 0.2) is 60.0 Å². The number of benzene rings is 2. The minimum Gasteiger partial charge on any atom is -0.462 e. The Labute approximate surface area is 206 Å². The van der Waals surface area contributed by atoms with Gasteiger partial charge in [0.05, 0.1) is 23.3 Å². The summed E-state index contributed by atoms with van der Waals surface area (Å²) < 4.78 is 5.26. The second-order valence-electron chi connectivity index (χ2n) is 8.61. The lowest BCUT2D eigenvalue weighted by atomic mass is 10.0. The summed E-state index contributed by atoms with van der Waals surface area (Å²) in [5.41, 5.74) is 2.61. The third kappa shape index (κ3) is 4.37. The van der Waals surface area contributed by atoms with Crippen LogP contribution in [0.3, 0.4) is 0 Å². The van der Waals surface area contributed by atoms with Gasteiger partial charge in [0.15, 0.2) is 0 Å². The van der Waals surface area contributed by atoms with E-state index in [4.69, 9.17) is 4.74 Å². The topological polar surface area (TPSA) is 92.8 Å². The van der Waals surface area contributed by atoms with E-state index in [1.54, 1.807) is 31.2 Å². The molecule has 1 unspecified atom stereocenters. The quantitative estimate of drug-likeness (QED) is 0.368. The van der Waals surface area contributed by atoms with Crippen LogP contribution in [0, 0.1) is 0 Å². The van der Waals surface area contributed by atoms with Crippen LogP contribution in [0.1, 0.15) is 67.9 Å². The summed E-state index contributed by atoms with van der Waals surface area (Å²) in [7, 11) is 0. The summed E-state index contributed by atoms with van der Waals surface area (Å²) in [6, 6.07) is 14.7. The second-order valence-corrected chi connectivity index (χ2v) is 9.49. The molecule has 1 aliphatic carbocycles. The summed E-state index contributed by atoms with van der Waals surface area (Å²) in [5.74, 6) is -1.73. The number of carbonyl (C=O) groups is 4. The van der Waals surface area contributed by atoms with Gasteiger partial charge in [-0.15, -0.1) is 11.3 Å². The molecule has 2 aromatic carbocycles. The molecule has 178 valence electrons. The van der Waals surface area contributed by atoms with Crippen molar-refractivity contribution in [3.63, 3.8) is 0 Å². The van der Waals surface area contributed by atoms with Crippen LogP contribution >= 0.6 is 11.3 Å². The maximum absolute atomic E-state index is 13.7. The first-order valence-electron chi connectivity index (χ1n) is 11.6. The van der Waals surface area contributed by atoms with Gasteiger partial charge >= 0.3 is 5.97 Å². The standard InChI is InChI=1S/C27H24N2O5S/c1-2-34-27(33)22-20(17-12-13-17)15-35-24(22)28-23(30)21(14-16-8-4-3-5-9-16)29-25(31)18-10-6-7-11-19(18)26(29)32/h3-11,15,17,21H,2,12-14H2,1H3,(H,28,30). The Balaban J connectivity index is 1.49. The fraction of sp³-hybridized carbons (Fsp3) is 0.259. The molecule has 0 bridgehead atoms. The van der Waals surface area contributed by atoms with E-state index < -0.39 is 29.7 Å². The van der Waals surface area contributed by atoms with Crippen LogP contribution in [0.25, 0.3) is 0 Å². The molecular formula is C27H24N2O5S. The molecule has 7 nitrogen and oxygen atoms in total. The molecule has 1 N–H and O–H groups in total. The van der Waals surface area contributed by atoms with Crippen LogP contribution in [-0.2, 0) is 16.0 Å². The Morgan fingerprint density at radius 3 is 2.26 bits per heavy atom. The number of hydrogen-bond donors (Lipinski definition) is 1. The van der Waals surface area contributed by atoms with Gasteiger partial charge in [0.1, 0.15) is 11.0 Å². The van der Waals surface area contributed by atoms with Crippen LogP contribution in [0.4, 0.5) is 5.00 Å². The van der Waals surface area contributed by atoms with Gasteiger partial charge in [-0.2, -0.15) is 0 Å². The minimum atomic E-state index is -1.09. The molecule has 2 heterocycles. The zero-order valence-electron chi connectivity index (χ0n) is 19.2. The number of fused-ring (bicyclic) bond motifs is 1. The molecule has 3 aromatic rings. The number of esters is 1. The monoisotopic (exact) mass is 488 g/mol. The van der Waals surface area contributed by atoms with Crippen molar-refractivity contribution in [2.45, 2.75) is 38.1 Å². The Morgan fingerprint density at radius 2 is 1.66 bits per heavy atom. The highest BCUT2D eigenvalue weighted by Crippen LogP contribution is 2.46. The van der Waals surface area contributed by atoms with Crippen molar-refractivity contribution >= 4 is 40.0 Å². The summed E-state index contributed by atoms with van der Waals surface area (Å²) in [6.07, 6.45) is 2.12. The largest absolute Gasteiger partial charge is 0.462 e. The maximum atomic E-state index is 13.7. The molecule has 2 aliphatic rings.